The summed E-state index contributed by atoms with van der Waals surface area (Å²) in [6.07, 6.45) is 16.0. The molecule has 0 aliphatic heterocycles. The van der Waals surface area contributed by atoms with Crippen molar-refractivity contribution in [2.24, 2.45) is 40.4 Å². The molecule has 0 bridgehead atoms. The average Bonchev–Trinajstić information content (AvgIpc) is 3.05. The van der Waals surface area contributed by atoms with Gasteiger partial charge < -0.3 is 10.2 Å². The summed E-state index contributed by atoms with van der Waals surface area (Å²) in [5.74, 6) is 3.10. The number of allylic oxidation sites excluding steroid dienone is 2. The fourth-order valence-corrected chi connectivity index (χ4v) is 8.47. The number of carboxylic acids is 1. The Hall–Kier alpha value is -1.09. The largest absolute Gasteiger partial charge is 0.478 e. The van der Waals surface area contributed by atoms with Crippen LogP contribution in [-0.2, 0) is 4.79 Å². The van der Waals surface area contributed by atoms with Gasteiger partial charge in [0.1, 0.15) is 0 Å². The average molecular weight is 415 g/mol. The van der Waals surface area contributed by atoms with E-state index in [4.69, 9.17) is 5.11 Å². The van der Waals surface area contributed by atoms with Gasteiger partial charge in [0.25, 0.3) is 0 Å². The van der Waals surface area contributed by atoms with Gasteiger partial charge in [0, 0.05) is 5.57 Å². The van der Waals surface area contributed by atoms with Gasteiger partial charge in [-0.1, -0.05) is 38.5 Å². The Morgan fingerprint density at radius 1 is 1.20 bits per heavy atom. The van der Waals surface area contributed by atoms with Crippen LogP contribution in [0.2, 0.25) is 0 Å². The van der Waals surface area contributed by atoms with Crippen molar-refractivity contribution in [3.8, 4) is 0 Å². The van der Waals surface area contributed by atoms with Crippen molar-refractivity contribution >= 4 is 5.97 Å². The van der Waals surface area contributed by atoms with Crippen molar-refractivity contribution in [1.82, 2.24) is 0 Å². The lowest BCUT2D eigenvalue weighted by Gasteiger charge is -2.58. The zero-order valence-corrected chi connectivity index (χ0v) is 19.5. The van der Waals surface area contributed by atoms with E-state index in [1.54, 1.807) is 12.5 Å². The zero-order valence-electron chi connectivity index (χ0n) is 19.5. The smallest absolute Gasteiger partial charge is 0.330 e. The molecule has 0 saturated heterocycles. The molecule has 4 rings (SSSR count). The van der Waals surface area contributed by atoms with E-state index in [1.165, 1.54) is 38.5 Å². The molecule has 30 heavy (non-hydrogen) atoms. The second-order valence-corrected chi connectivity index (χ2v) is 11.6. The quantitative estimate of drug-likeness (QED) is 0.406. The van der Waals surface area contributed by atoms with E-state index in [9.17, 15) is 9.90 Å². The molecule has 0 aromatic heterocycles. The van der Waals surface area contributed by atoms with Gasteiger partial charge in [-0.3, -0.25) is 0 Å². The van der Waals surface area contributed by atoms with E-state index in [-0.39, 0.29) is 6.10 Å². The van der Waals surface area contributed by atoms with E-state index >= 15 is 0 Å². The molecule has 2 N–H and O–H groups in total. The third kappa shape index (κ3) is 3.59. The highest BCUT2D eigenvalue weighted by Gasteiger charge is 2.59. The van der Waals surface area contributed by atoms with Gasteiger partial charge in [-0.15, -0.1) is 0 Å². The summed E-state index contributed by atoms with van der Waals surface area (Å²) in [5, 5.41) is 19.3. The maximum absolute atomic E-state index is 11.1. The number of hydrogen-bond acceptors (Lipinski definition) is 2. The predicted octanol–water partition coefficient (Wildman–Crippen LogP) is 6.37. The number of hydrogen-bond donors (Lipinski definition) is 2. The Morgan fingerprint density at radius 2 is 1.97 bits per heavy atom. The number of carbonyl (C=O) groups is 1. The van der Waals surface area contributed by atoms with Crippen molar-refractivity contribution < 1.29 is 15.0 Å². The highest BCUT2D eigenvalue weighted by atomic mass is 16.4. The summed E-state index contributed by atoms with van der Waals surface area (Å²) < 4.78 is 0. The maximum Gasteiger partial charge on any atom is 0.330 e. The van der Waals surface area contributed by atoms with E-state index in [2.05, 4.69) is 26.8 Å². The molecule has 8 atom stereocenters. The van der Waals surface area contributed by atoms with Crippen molar-refractivity contribution in [2.75, 3.05) is 0 Å². The number of aliphatic carboxylic acids is 1. The Bertz CT molecular complexity index is 736. The highest BCUT2D eigenvalue weighted by molar-refractivity contribution is 5.85. The van der Waals surface area contributed by atoms with Crippen molar-refractivity contribution in [1.29, 1.82) is 0 Å². The molecular formula is C27H42O3. The fraction of sp³-hybridized carbons (Fsp3) is 0.815. The van der Waals surface area contributed by atoms with Crippen LogP contribution < -0.4 is 0 Å². The molecule has 0 aromatic carbocycles. The molecule has 0 heterocycles. The summed E-state index contributed by atoms with van der Waals surface area (Å²) in [4.78, 5) is 11.1. The van der Waals surface area contributed by atoms with Gasteiger partial charge in [0.2, 0.25) is 0 Å². The molecule has 3 nitrogen and oxygen atoms in total. The van der Waals surface area contributed by atoms with Crippen LogP contribution in [-0.4, -0.2) is 22.3 Å². The fourth-order valence-electron chi connectivity index (χ4n) is 8.47. The molecule has 3 fully saturated rings. The molecule has 0 aromatic rings. The molecule has 3 heteroatoms. The van der Waals surface area contributed by atoms with Crippen LogP contribution in [0.1, 0.15) is 91.9 Å². The number of rotatable bonds is 5. The first-order chi connectivity index (χ1) is 14.2. The predicted molar refractivity (Wildman–Crippen MR) is 121 cm³/mol. The zero-order chi connectivity index (χ0) is 21.7. The Balaban J connectivity index is 1.47. The van der Waals surface area contributed by atoms with Crippen LogP contribution in [0, 0.1) is 40.4 Å². The van der Waals surface area contributed by atoms with Gasteiger partial charge in [0.15, 0.2) is 0 Å². The first-order valence-electron chi connectivity index (χ1n) is 12.4. The minimum absolute atomic E-state index is 0.120. The summed E-state index contributed by atoms with van der Waals surface area (Å²) in [7, 11) is 0. The third-order valence-corrected chi connectivity index (χ3v) is 10.2. The number of carboxylic acid groups (broad SMARTS) is 1. The molecule has 4 aliphatic rings. The van der Waals surface area contributed by atoms with E-state index in [0.717, 1.165) is 49.4 Å². The van der Waals surface area contributed by atoms with Crippen molar-refractivity contribution in [3.63, 3.8) is 0 Å². The number of fused-ring (bicyclic) bond motifs is 5. The lowest BCUT2D eigenvalue weighted by atomic mass is 9.47. The van der Waals surface area contributed by atoms with Crippen molar-refractivity contribution in [3.05, 3.63) is 23.3 Å². The molecule has 0 amide bonds. The second kappa shape index (κ2) is 8.11. The van der Waals surface area contributed by atoms with Crippen LogP contribution in [0.15, 0.2) is 23.3 Å². The van der Waals surface area contributed by atoms with Crippen LogP contribution >= 0.6 is 0 Å². The molecule has 8 unspecified atom stereocenters. The van der Waals surface area contributed by atoms with E-state index in [1.807, 2.05) is 6.08 Å². The Morgan fingerprint density at radius 3 is 2.70 bits per heavy atom. The van der Waals surface area contributed by atoms with Gasteiger partial charge in [-0.05, 0) is 112 Å². The molecule has 4 aliphatic carbocycles. The van der Waals surface area contributed by atoms with E-state index < -0.39 is 5.97 Å². The molecule has 3 saturated carbocycles. The lowest BCUT2D eigenvalue weighted by Crippen LogP contribution is -2.50. The monoisotopic (exact) mass is 414 g/mol. The van der Waals surface area contributed by atoms with Gasteiger partial charge in [-0.2, -0.15) is 0 Å². The molecule has 0 radical (unpaired) electrons. The second-order valence-electron chi connectivity index (χ2n) is 11.6. The topological polar surface area (TPSA) is 57.5 Å². The molecule has 0 spiro atoms. The van der Waals surface area contributed by atoms with Crippen molar-refractivity contribution in [2.45, 2.75) is 98.0 Å². The van der Waals surface area contributed by atoms with Crippen LogP contribution in [0.3, 0.4) is 0 Å². The lowest BCUT2D eigenvalue weighted by molar-refractivity contribution is -0.132. The summed E-state index contributed by atoms with van der Waals surface area (Å²) in [5.41, 5.74) is 2.82. The SMILES string of the molecule is CC(=CCCC(C)C1CCC2C3CC=C4CC(O)CCC4(C)C3CCC12C)C(=O)O. The number of aliphatic hydroxyl groups is 1. The summed E-state index contributed by atoms with van der Waals surface area (Å²) >= 11 is 0. The normalized spacial score (nSPS) is 44.5. The minimum Gasteiger partial charge on any atom is -0.478 e. The highest BCUT2D eigenvalue weighted by Crippen LogP contribution is 2.67. The first-order valence-corrected chi connectivity index (χ1v) is 12.4. The number of aliphatic hydroxyl groups excluding tert-OH is 1. The van der Waals surface area contributed by atoms with Crippen LogP contribution in [0.5, 0.6) is 0 Å². The Kier molecular flexibility index (Phi) is 5.98. The van der Waals surface area contributed by atoms with E-state index in [0.29, 0.717) is 22.3 Å². The minimum atomic E-state index is -0.790. The van der Waals surface area contributed by atoms with Gasteiger partial charge in [-0.25, -0.2) is 4.79 Å². The summed E-state index contributed by atoms with van der Waals surface area (Å²) in [6, 6.07) is 0. The molecular weight excluding hydrogens is 372 g/mol. The van der Waals surface area contributed by atoms with Gasteiger partial charge in [0.05, 0.1) is 6.10 Å². The maximum atomic E-state index is 11.1. The first kappa shape index (κ1) is 22.1. The van der Waals surface area contributed by atoms with Crippen LogP contribution in [0.4, 0.5) is 0 Å². The van der Waals surface area contributed by atoms with Gasteiger partial charge >= 0.3 is 5.97 Å². The summed E-state index contributed by atoms with van der Waals surface area (Å²) in [6.45, 7) is 9.22. The Labute approximate surface area is 183 Å². The standard InChI is InChI=1S/C27H42O3/c1-17(6-5-7-18(2)25(29)30)22-10-11-23-21-9-8-19-16-20(28)12-14-26(19,3)24(21)13-15-27(22,23)4/h7-8,17,20-24,28H,5-6,9-16H2,1-4H3,(H,29,30). The third-order valence-electron chi connectivity index (χ3n) is 10.2. The molecule has 168 valence electrons. The van der Waals surface area contributed by atoms with Crippen LogP contribution in [0.25, 0.3) is 0 Å².